The zero-order valence-corrected chi connectivity index (χ0v) is 12.3. The van der Waals surface area contributed by atoms with Crippen LogP contribution in [0.1, 0.15) is 42.5 Å². The van der Waals surface area contributed by atoms with Crippen LogP contribution in [0, 0.1) is 0 Å². The minimum atomic E-state index is -0.520. The summed E-state index contributed by atoms with van der Waals surface area (Å²) in [4.78, 5) is 24.0. The second-order valence-electron chi connectivity index (χ2n) is 5.62. The lowest BCUT2D eigenvalue weighted by Gasteiger charge is -2.22. The molecule has 0 bridgehead atoms. The number of amides is 1. The largest absolute Gasteiger partial charge is 0.452 e. The van der Waals surface area contributed by atoms with E-state index in [1.165, 1.54) is 6.42 Å². The molecule has 22 heavy (non-hydrogen) atoms. The highest BCUT2D eigenvalue weighted by Crippen LogP contribution is 2.18. The summed E-state index contributed by atoms with van der Waals surface area (Å²) >= 11 is 0. The average molecular weight is 301 g/mol. The van der Waals surface area contributed by atoms with Gasteiger partial charge < -0.3 is 10.1 Å². The van der Waals surface area contributed by atoms with Gasteiger partial charge in [0.25, 0.3) is 5.91 Å². The van der Waals surface area contributed by atoms with Gasteiger partial charge in [0.1, 0.15) is 0 Å². The predicted octanol–water partition coefficient (Wildman–Crippen LogP) is 2.17. The maximum Gasteiger partial charge on any atom is 0.340 e. The number of esters is 1. The van der Waals surface area contributed by atoms with E-state index in [1.54, 1.807) is 18.3 Å². The highest BCUT2D eigenvalue weighted by molar-refractivity contribution is 6.03. The molecule has 0 unspecified atom stereocenters. The number of carbonyl (C=O) groups excluding carboxylic acids is 2. The Morgan fingerprint density at radius 3 is 2.91 bits per heavy atom. The Kier molecular flexibility index (Phi) is 4.37. The lowest BCUT2D eigenvalue weighted by molar-refractivity contribution is -0.125. The van der Waals surface area contributed by atoms with E-state index >= 15 is 0 Å². The molecule has 1 heterocycles. The van der Waals surface area contributed by atoms with Gasteiger partial charge in [-0.3, -0.25) is 9.89 Å². The van der Waals surface area contributed by atoms with E-state index in [4.69, 9.17) is 4.74 Å². The lowest BCUT2D eigenvalue weighted by Crippen LogP contribution is -2.38. The molecule has 1 aliphatic rings. The number of ether oxygens (including phenoxy) is 1. The minimum absolute atomic E-state index is 0.219. The third kappa shape index (κ3) is 3.27. The highest BCUT2D eigenvalue weighted by atomic mass is 16.5. The SMILES string of the molecule is O=C(COC(=O)c1cccc2cn[nH]c12)NC1CCCCC1. The number of benzene rings is 1. The van der Waals surface area contributed by atoms with Crippen molar-refractivity contribution < 1.29 is 14.3 Å². The van der Waals surface area contributed by atoms with Gasteiger partial charge in [-0.15, -0.1) is 0 Å². The van der Waals surface area contributed by atoms with Gasteiger partial charge in [-0.05, 0) is 18.9 Å². The molecular weight excluding hydrogens is 282 g/mol. The van der Waals surface area contributed by atoms with Crippen LogP contribution in [0.15, 0.2) is 24.4 Å². The van der Waals surface area contributed by atoms with Gasteiger partial charge in [0, 0.05) is 11.4 Å². The minimum Gasteiger partial charge on any atom is -0.452 e. The molecule has 1 amide bonds. The summed E-state index contributed by atoms with van der Waals surface area (Å²) in [6.45, 7) is -0.250. The second kappa shape index (κ2) is 6.60. The molecule has 2 aromatic rings. The summed E-state index contributed by atoms with van der Waals surface area (Å²) < 4.78 is 5.11. The van der Waals surface area contributed by atoms with E-state index in [1.807, 2.05) is 6.07 Å². The molecule has 0 atom stereocenters. The van der Waals surface area contributed by atoms with Crippen LogP contribution in [-0.4, -0.2) is 34.7 Å². The van der Waals surface area contributed by atoms with Crippen molar-refractivity contribution in [2.75, 3.05) is 6.61 Å². The van der Waals surface area contributed by atoms with E-state index < -0.39 is 5.97 Å². The number of hydrogen-bond donors (Lipinski definition) is 2. The van der Waals surface area contributed by atoms with Crippen LogP contribution in [0.4, 0.5) is 0 Å². The second-order valence-corrected chi connectivity index (χ2v) is 5.62. The van der Waals surface area contributed by atoms with Crippen molar-refractivity contribution in [1.82, 2.24) is 15.5 Å². The third-order valence-corrected chi connectivity index (χ3v) is 4.00. The zero-order chi connectivity index (χ0) is 15.4. The Labute approximate surface area is 128 Å². The van der Waals surface area contributed by atoms with Gasteiger partial charge in [-0.1, -0.05) is 31.4 Å². The fourth-order valence-electron chi connectivity index (χ4n) is 2.86. The van der Waals surface area contributed by atoms with E-state index in [2.05, 4.69) is 15.5 Å². The molecule has 0 aliphatic heterocycles. The molecule has 116 valence electrons. The quantitative estimate of drug-likeness (QED) is 0.848. The standard InChI is InChI=1S/C16H19N3O3/c20-14(18-12-6-2-1-3-7-12)10-22-16(21)13-8-4-5-11-9-17-19-15(11)13/h4-5,8-9,12H,1-3,6-7,10H2,(H,17,19)(H,18,20). The Balaban J connectivity index is 1.55. The van der Waals surface area contributed by atoms with Crippen molar-refractivity contribution in [2.24, 2.45) is 0 Å². The zero-order valence-electron chi connectivity index (χ0n) is 12.3. The normalized spacial score (nSPS) is 15.6. The summed E-state index contributed by atoms with van der Waals surface area (Å²) in [5, 5.41) is 10.4. The van der Waals surface area contributed by atoms with Crippen molar-refractivity contribution >= 4 is 22.8 Å². The fraction of sp³-hybridized carbons (Fsp3) is 0.438. The molecule has 0 radical (unpaired) electrons. The molecule has 6 heteroatoms. The molecule has 1 aromatic heterocycles. The summed E-state index contributed by atoms with van der Waals surface area (Å²) in [7, 11) is 0. The first-order valence-electron chi connectivity index (χ1n) is 7.62. The van der Waals surface area contributed by atoms with E-state index in [-0.39, 0.29) is 18.6 Å². The molecule has 0 saturated heterocycles. The van der Waals surface area contributed by atoms with Crippen molar-refractivity contribution in [3.63, 3.8) is 0 Å². The van der Waals surface area contributed by atoms with Crippen LogP contribution in [0.5, 0.6) is 0 Å². The first kappa shape index (κ1) is 14.6. The molecule has 1 fully saturated rings. The molecule has 2 N–H and O–H groups in total. The molecule has 3 rings (SSSR count). The fourth-order valence-corrected chi connectivity index (χ4v) is 2.86. The van der Waals surface area contributed by atoms with Gasteiger partial charge in [0.15, 0.2) is 6.61 Å². The van der Waals surface area contributed by atoms with Crippen LogP contribution in [0.25, 0.3) is 10.9 Å². The Hall–Kier alpha value is -2.37. The third-order valence-electron chi connectivity index (χ3n) is 4.00. The summed E-state index contributed by atoms with van der Waals surface area (Å²) in [5.74, 6) is -0.759. The maximum atomic E-state index is 12.1. The number of para-hydroxylation sites is 1. The van der Waals surface area contributed by atoms with Crippen LogP contribution in [0.3, 0.4) is 0 Å². The van der Waals surface area contributed by atoms with Gasteiger partial charge in [0.05, 0.1) is 17.3 Å². The molecule has 6 nitrogen and oxygen atoms in total. The van der Waals surface area contributed by atoms with E-state index in [0.717, 1.165) is 31.1 Å². The maximum absolute atomic E-state index is 12.1. The number of rotatable bonds is 4. The summed E-state index contributed by atoms with van der Waals surface area (Å²) in [6.07, 6.45) is 7.18. The predicted molar refractivity (Wildman–Crippen MR) is 81.4 cm³/mol. The molecule has 1 saturated carbocycles. The number of fused-ring (bicyclic) bond motifs is 1. The number of nitrogens with zero attached hydrogens (tertiary/aromatic N) is 1. The molecule has 1 aliphatic carbocycles. The van der Waals surface area contributed by atoms with Crippen LogP contribution >= 0.6 is 0 Å². The first-order valence-corrected chi connectivity index (χ1v) is 7.62. The molecule has 0 spiro atoms. The first-order chi connectivity index (χ1) is 10.7. The number of aromatic amines is 1. The van der Waals surface area contributed by atoms with Crippen molar-refractivity contribution in [1.29, 1.82) is 0 Å². The Morgan fingerprint density at radius 1 is 1.27 bits per heavy atom. The average Bonchev–Trinajstić information content (AvgIpc) is 3.02. The van der Waals surface area contributed by atoms with Gasteiger partial charge in [-0.2, -0.15) is 5.10 Å². The van der Waals surface area contributed by atoms with Crippen molar-refractivity contribution in [2.45, 2.75) is 38.1 Å². The highest BCUT2D eigenvalue weighted by Gasteiger charge is 2.18. The number of aromatic nitrogens is 2. The van der Waals surface area contributed by atoms with Crippen molar-refractivity contribution in [3.05, 3.63) is 30.0 Å². The summed E-state index contributed by atoms with van der Waals surface area (Å²) in [5.41, 5.74) is 1.01. The number of nitrogens with one attached hydrogen (secondary N) is 2. The number of H-pyrrole nitrogens is 1. The monoisotopic (exact) mass is 301 g/mol. The van der Waals surface area contributed by atoms with Crippen LogP contribution < -0.4 is 5.32 Å². The van der Waals surface area contributed by atoms with Gasteiger partial charge >= 0.3 is 5.97 Å². The topological polar surface area (TPSA) is 84.1 Å². The lowest BCUT2D eigenvalue weighted by atomic mass is 9.95. The smallest absolute Gasteiger partial charge is 0.340 e. The van der Waals surface area contributed by atoms with Crippen LogP contribution in [-0.2, 0) is 9.53 Å². The number of carbonyl (C=O) groups is 2. The summed E-state index contributed by atoms with van der Waals surface area (Å²) in [6, 6.07) is 5.49. The molecular formula is C16H19N3O3. The molecule has 1 aromatic carbocycles. The van der Waals surface area contributed by atoms with Crippen molar-refractivity contribution in [3.8, 4) is 0 Å². The van der Waals surface area contributed by atoms with Gasteiger partial charge in [0.2, 0.25) is 0 Å². The number of hydrogen-bond acceptors (Lipinski definition) is 4. The van der Waals surface area contributed by atoms with Gasteiger partial charge in [-0.25, -0.2) is 4.79 Å². The van der Waals surface area contributed by atoms with E-state index in [0.29, 0.717) is 11.1 Å². The Bertz CT molecular complexity index is 674. The Morgan fingerprint density at radius 2 is 2.09 bits per heavy atom. The van der Waals surface area contributed by atoms with E-state index in [9.17, 15) is 9.59 Å². The van der Waals surface area contributed by atoms with Crippen LogP contribution in [0.2, 0.25) is 0 Å².